The van der Waals surface area contributed by atoms with Crippen molar-refractivity contribution in [3.05, 3.63) is 59.7 Å². The van der Waals surface area contributed by atoms with E-state index in [0.29, 0.717) is 0 Å². The highest BCUT2D eigenvalue weighted by Gasteiger charge is 2.51. The number of aryl methyl sites for hydroxylation is 2. The summed E-state index contributed by atoms with van der Waals surface area (Å²) in [5, 5.41) is 20.5. The highest BCUT2D eigenvalue weighted by atomic mass is 32.2. The van der Waals surface area contributed by atoms with Crippen LogP contribution < -0.4 is 0 Å². The lowest BCUT2D eigenvalue weighted by Crippen LogP contribution is -2.44. The van der Waals surface area contributed by atoms with Gasteiger partial charge in [0.1, 0.15) is 18.3 Å². The van der Waals surface area contributed by atoms with Crippen LogP contribution in [0.1, 0.15) is 11.1 Å². The third-order valence-electron chi connectivity index (χ3n) is 5.12. The zero-order valence-corrected chi connectivity index (χ0v) is 19.8. The molecule has 0 spiro atoms. The molecule has 0 saturated carbocycles. The van der Waals surface area contributed by atoms with Crippen LogP contribution in [0.15, 0.2) is 58.3 Å². The Morgan fingerprint density at radius 2 is 1.39 bits per heavy atom. The van der Waals surface area contributed by atoms with Crippen molar-refractivity contribution < 1.29 is 44.9 Å². The molecular formula is C21H26O10S2. The summed E-state index contributed by atoms with van der Waals surface area (Å²) in [7, 11) is -7.44. The van der Waals surface area contributed by atoms with E-state index in [1.165, 1.54) is 31.4 Å². The molecule has 0 aromatic heterocycles. The van der Waals surface area contributed by atoms with Crippen molar-refractivity contribution in [2.45, 2.75) is 54.3 Å². The molecule has 2 aromatic carbocycles. The lowest BCUT2D eigenvalue weighted by atomic mass is 10.1. The normalized spacial score (nSPS) is 24.6. The molecule has 0 bridgehead atoms. The standard InChI is InChI=1S/C21H26O10S2/c1-13-4-8-15(9-5-13)32(24,25)30-17(12-22)19-18(23)20(21(28-3)29-19)31-33(26,27)16-10-6-14(2)7-11-16/h4-11,17-23H,12H2,1-3H3/t17?,18?,19-,20?,21-/m1/s1. The Balaban J connectivity index is 1.81. The first-order valence-electron chi connectivity index (χ1n) is 9.95. The van der Waals surface area contributed by atoms with E-state index in [9.17, 15) is 27.0 Å². The smallest absolute Gasteiger partial charge is 0.297 e. The Hall–Kier alpha value is -1.90. The van der Waals surface area contributed by atoms with Gasteiger partial charge in [0.15, 0.2) is 12.4 Å². The van der Waals surface area contributed by atoms with Gasteiger partial charge in [0.25, 0.3) is 20.2 Å². The number of ether oxygens (including phenoxy) is 2. The second kappa shape index (κ2) is 10.2. The van der Waals surface area contributed by atoms with E-state index in [1.54, 1.807) is 38.1 Å². The van der Waals surface area contributed by atoms with Crippen LogP contribution in [0.2, 0.25) is 0 Å². The molecule has 1 fully saturated rings. The van der Waals surface area contributed by atoms with Gasteiger partial charge in [-0.2, -0.15) is 16.8 Å². The van der Waals surface area contributed by atoms with E-state index in [1.807, 2.05) is 0 Å². The Labute approximate surface area is 192 Å². The SMILES string of the molecule is CO[C@@H]1O[C@H](C(CO)OS(=O)(=O)c2ccc(C)cc2)C(O)C1OS(=O)(=O)c1ccc(C)cc1. The van der Waals surface area contributed by atoms with E-state index in [2.05, 4.69) is 0 Å². The van der Waals surface area contributed by atoms with Gasteiger partial charge in [0.05, 0.1) is 16.4 Å². The predicted octanol–water partition coefficient (Wildman–Crippen LogP) is 0.876. The average molecular weight is 503 g/mol. The fourth-order valence-electron chi connectivity index (χ4n) is 3.28. The van der Waals surface area contributed by atoms with Crippen LogP contribution in [0.4, 0.5) is 0 Å². The molecule has 0 amide bonds. The molecule has 0 radical (unpaired) electrons. The van der Waals surface area contributed by atoms with Gasteiger partial charge in [0, 0.05) is 7.11 Å². The Bertz CT molecular complexity index is 1140. The third-order valence-corrected chi connectivity index (χ3v) is 7.79. The molecule has 1 heterocycles. The molecule has 1 aliphatic heterocycles. The molecule has 12 heteroatoms. The van der Waals surface area contributed by atoms with Crippen LogP contribution >= 0.6 is 0 Å². The molecule has 0 aliphatic carbocycles. The zero-order valence-electron chi connectivity index (χ0n) is 18.2. The molecule has 3 rings (SSSR count). The lowest BCUT2D eigenvalue weighted by Gasteiger charge is -2.24. The second-order valence-corrected chi connectivity index (χ2v) is 10.8. The minimum atomic E-state index is -4.32. The van der Waals surface area contributed by atoms with Crippen molar-refractivity contribution >= 4 is 20.2 Å². The minimum Gasteiger partial charge on any atom is -0.394 e. The van der Waals surface area contributed by atoms with Crippen LogP contribution in [0.25, 0.3) is 0 Å². The lowest BCUT2D eigenvalue weighted by molar-refractivity contribution is -0.159. The molecule has 2 aromatic rings. The summed E-state index contributed by atoms with van der Waals surface area (Å²) in [5.74, 6) is 0. The Morgan fingerprint density at radius 1 is 0.909 bits per heavy atom. The van der Waals surface area contributed by atoms with E-state index >= 15 is 0 Å². The van der Waals surface area contributed by atoms with Crippen molar-refractivity contribution in [1.29, 1.82) is 0 Å². The summed E-state index contributed by atoms with van der Waals surface area (Å²) in [4.78, 5) is -0.299. The van der Waals surface area contributed by atoms with Gasteiger partial charge < -0.3 is 19.7 Å². The van der Waals surface area contributed by atoms with E-state index in [0.717, 1.165) is 11.1 Å². The first-order chi connectivity index (χ1) is 15.5. The maximum Gasteiger partial charge on any atom is 0.297 e. The highest BCUT2D eigenvalue weighted by molar-refractivity contribution is 7.87. The zero-order chi connectivity index (χ0) is 24.4. The van der Waals surface area contributed by atoms with Gasteiger partial charge >= 0.3 is 0 Å². The number of rotatable bonds is 9. The van der Waals surface area contributed by atoms with Crippen LogP contribution in [0, 0.1) is 13.8 Å². The first kappa shape index (κ1) is 25.7. The molecule has 3 unspecified atom stereocenters. The molecule has 5 atom stereocenters. The van der Waals surface area contributed by atoms with Crippen LogP contribution in [0.5, 0.6) is 0 Å². The van der Waals surface area contributed by atoms with Gasteiger partial charge in [-0.05, 0) is 38.1 Å². The van der Waals surface area contributed by atoms with Gasteiger partial charge in [-0.3, -0.25) is 8.37 Å². The van der Waals surface area contributed by atoms with Gasteiger partial charge in [0.2, 0.25) is 0 Å². The molecule has 10 nitrogen and oxygen atoms in total. The van der Waals surface area contributed by atoms with Crippen molar-refractivity contribution in [3.8, 4) is 0 Å². The quantitative estimate of drug-likeness (QED) is 0.474. The highest BCUT2D eigenvalue weighted by Crippen LogP contribution is 2.31. The fourth-order valence-corrected chi connectivity index (χ4v) is 5.43. The van der Waals surface area contributed by atoms with Crippen LogP contribution in [0.3, 0.4) is 0 Å². The third kappa shape index (κ3) is 5.78. The molecule has 182 valence electrons. The molecule has 33 heavy (non-hydrogen) atoms. The average Bonchev–Trinajstić information content (AvgIpc) is 3.07. The van der Waals surface area contributed by atoms with E-state index in [-0.39, 0.29) is 9.79 Å². The number of benzene rings is 2. The molecule has 2 N–H and O–H groups in total. The molecule has 1 aliphatic rings. The van der Waals surface area contributed by atoms with Crippen molar-refractivity contribution in [2.75, 3.05) is 13.7 Å². The van der Waals surface area contributed by atoms with Crippen LogP contribution in [-0.4, -0.2) is 71.5 Å². The van der Waals surface area contributed by atoms with Crippen molar-refractivity contribution in [3.63, 3.8) is 0 Å². The van der Waals surface area contributed by atoms with Gasteiger partial charge in [-0.25, -0.2) is 0 Å². The molecule has 1 saturated heterocycles. The van der Waals surface area contributed by atoms with Crippen molar-refractivity contribution in [2.24, 2.45) is 0 Å². The number of hydrogen-bond acceptors (Lipinski definition) is 10. The maximum atomic E-state index is 12.7. The molecular weight excluding hydrogens is 476 g/mol. The van der Waals surface area contributed by atoms with E-state index in [4.69, 9.17) is 17.8 Å². The van der Waals surface area contributed by atoms with Crippen LogP contribution in [-0.2, 0) is 38.1 Å². The maximum absolute atomic E-state index is 12.7. The number of aliphatic hydroxyl groups is 2. The summed E-state index contributed by atoms with van der Waals surface area (Å²) in [6, 6.07) is 11.7. The number of aliphatic hydroxyl groups excluding tert-OH is 2. The summed E-state index contributed by atoms with van der Waals surface area (Å²) in [6.07, 6.45) is -7.62. The van der Waals surface area contributed by atoms with E-state index < -0.39 is 57.5 Å². The summed E-state index contributed by atoms with van der Waals surface area (Å²) in [5.41, 5.74) is 1.67. The summed E-state index contributed by atoms with van der Waals surface area (Å²) < 4.78 is 71.4. The summed E-state index contributed by atoms with van der Waals surface area (Å²) in [6.45, 7) is 2.73. The topological polar surface area (TPSA) is 146 Å². The Kier molecular flexibility index (Phi) is 7.91. The Morgan fingerprint density at radius 3 is 1.85 bits per heavy atom. The largest absolute Gasteiger partial charge is 0.394 e. The number of hydrogen-bond donors (Lipinski definition) is 2. The fraction of sp³-hybridized carbons (Fsp3) is 0.429. The first-order valence-corrected chi connectivity index (χ1v) is 12.8. The predicted molar refractivity (Wildman–Crippen MR) is 115 cm³/mol. The van der Waals surface area contributed by atoms with Gasteiger partial charge in [-0.1, -0.05) is 35.4 Å². The summed E-state index contributed by atoms with van der Waals surface area (Å²) >= 11 is 0. The number of methoxy groups -OCH3 is 1. The monoisotopic (exact) mass is 502 g/mol. The second-order valence-electron chi connectivity index (χ2n) is 7.61. The van der Waals surface area contributed by atoms with Gasteiger partial charge in [-0.15, -0.1) is 0 Å². The minimum absolute atomic E-state index is 0.143. The van der Waals surface area contributed by atoms with Crippen molar-refractivity contribution in [1.82, 2.24) is 0 Å².